The van der Waals surface area contributed by atoms with Gasteiger partial charge in [0, 0.05) is 0 Å². The van der Waals surface area contributed by atoms with Crippen LogP contribution in [0.4, 0.5) is 0 Å². The van der Waals surface area contributed by atoms with E-state index in [4.69, 9.17) is 5.11 Å². The van der Waals surface area contributed by atoms with Crippen LogP contribution in [0.25, 0.3) is 0 Å². The van der Waals surface area contributed by atoms with Crippen molar-refractivity contribution in [2.45, 2.75) is 39.5 Å². The molecule has 0 amide bonds. The number of carboxylic acid groups (broad SMARTS) is 1. The molecular formula is C10H19O4P. The van der Waals surface area contributed by atoms with Gasteiger partial charge in [-0.2, -0.15) is 0 Å². The molecule has 0 radical (unpaired) electrons. The lowest BCUT2D eigenvalue weighted by molar-refractivity contribution is -0.153. The molecule has 0 spiro atoms. The molecule has 1 N–H and O–H groups in total. The maximum Gasteiger partial charge on any atom is 0.311 e. The summed E-state index contributed by atoms with van der Waals surface area (Å²) in [6.45, 7) is 4.00. The predicted octanol–water partition coefficient (Wildman–Crippen LogP) is 2.24. The van der Waals surface area contributed by atoms with Crippen LogP contribution in [0.2, 0.25) is 0 Å². The first-order valence-electron chi connectivity index (χ1n) is 5.30. The van der Waals surface area contributed by atoms with Crippen LogP contribution in [0.1, 0.15) is 39.5 Å². The summed E-state index contributed by atoms with van der Waals surface area (Å²) in [6.07, 6.45) is 3.01. The molecule has 3 atom stereocenters. The van der Waals surface area contributed by atoms with Gasteiger partial charge in [-0.3, -0.25) is 9.59 Å². The van der Waals surface area contributed by atoms with Crippen LogP contribution in [0.5, 0.6) is 0 Å². The molecule has 1 aliphatic rings. The molecule has 3 unspecified atom stereocenters. The highest BCUT2D eigenvalue weighted by Crippen LogP contribution is 2.31. The summed E-state index contributed by atoms with van der Waals surface area (Å²) in [5.74, 6) is -2.32. The maximum absolute atomic E-state index is 11.2. The Kier molecular flexibility index (Phi) is 7.31. The number of rotatable bonds is 2. The number of aliphatic carboxylic acids is 1. The first kappa shape index (κ1) is 14.4. The average molecular weight is 234 g/mol. The summed E-state index contributed by atoms with van der Waals surface area (Å²) in [5.41, 5.74) is 0. The minimum Gasteiger partial charge on any atom is -0.481 e. The fourth-order valence-corrected chi connectivity index (χ4v) is 1.97. The van der Waals surface area contributed by atoms with Crippen molar-refractivity contribution in [2.24, 2.45) is 11.8 Å². The Morgan fingerprint density at radius 2 is 1.67 bits per heavy atom. The smallest absolute Gasteiger partial charge is 0.311 e. The van der Waals surface area contributed by atoms with Gasteiger partial charge >= 0.3 is 11.9 Å². The minimum absolute atomic E-state index is 0.419. The number of hydrogen-bond donors (Lipinski definition) is 1. The van der Waals surface area contributed by atoms with Crippen LogP contribution in [0.3, 0.4) is 0 Å². The van der Waals surface area contributed by atoms with E-state index in [9.17, 15) is 9.59 Å². The third-order valence-electron chi connectivity index (χ3n) is 2.50. The second-order valence-corrected chi connectivity index (χ2v) is 3.51. The number of carbonyl (C=O) groups excluding carboxylic acids is 1. The Morgan fingerprint density at radius 1 is 1.20 bits per heavy atom. The van der Waals surface area contributed by atoms with Crippen molar-refractivity contribution in [2.75, 3.05) is 0 Å². The van der Waals surface area contributed by atoms with Gasteiger partial charge in [0.15, 0.2) is 0 Å². The Hall–Kier alpha value is -0.630. The Bertz CT molecular complexity index is 217. The van der Waals surface area contributed by atoms with Gasteiger partial charge in [-0.15, -0.1) is 0 Å². The zero-order chi connectivity index (χ0) is 11.8. The molecule has 88 valence electrons. The quantitative estimate of drug-likeness (QED) is 0.744. The first-order valence-corrected chi connectivity index (χ1v) is 5.77. The molecule has 0 aromatic rings. The van der Waals surface area contributed by atoms with Gasteiger partial charge in [0.25, 0.3) is 0 Å². The average Bonchev–Trinajstić information content (AvgIpc) is 2.30. The van der Waals surface area contributed by atoms with Gasteiger partial charge in [0.1, 0.15) is 0 Å². The van der Waals surface area contributed by atoms with E-state index in [1.807, 2.05) is 23.3 Å². The van der Waals surface area contributed by atoms with Crippen LogP contribution < -0.4 is 0 Å². The van der Waals surface area contributed by atoms with Crippen molar-refractivity contribution in [3.8, 4) is 0 Å². The lowest BCUT2D eigenvalue weighted by Gasteiger charge is -2.25. The summed E-state index contributed by atoms with van der Waals surface area (Å²) in [5, 5.41) is 8.84. The van der Waals surface area contributed by atoms with E-state index in [0.717, 1.165) is 12.8 Å². The molecule has 1 saturated carbocycles. The van der Waals surface area contributed by atoms with Crippen molar-refractivity contribution in [3.63, 3.8) is 0 Å². The molecule has 4 nitrogen and oxygen atoms in total. The van der Waals surface area contributed by atoms with E-state index in [1.165, 1.54) is 0 Å². The normalized spacial score (nSPS) is 24.7. The van der Waals surface area contributed by atoms with E-state index in [2.05, 4.69) is 4.52 Å². The molecule has 1 rings (SSSR count). The maximum atomic E-state index is 11.2. The lowest BCUT2D eigenvalue weighted by Crippen LogP contribution is -2.32. The molecule has 15 heavy (non-hydrogen) atoms. The molecular weight excluding hydrogens is 215 g/mol. The van der Waals surface area contributed by atoms with Crippen molar-refractivity contribution in [3.05, 3.63) is 0 Å². The van der Waals surface area contributed by atoms with Gasteiger partial charge in [0.05, 0.1) is 21.3 Å². The molecule has 1 aliphatic carbocycles. The van der Waals surface area contributed by atoms with Crippen LogP contribution in [0, 0.1) is 11.8 Å². The summed E-state index contributed by atoms with van der Waals surface area (Å²) in [7, 11) is 1.87. The fourth-order valence-electron chi connectivity index (χ4n) is 1.80. The second kappa shape index (κ2) is 7.63. The molecule has 5 heteroatoms. The summed E-state index contributed by atoms with van der Waals surface area (Å²) in [6, 6.07) is 0. The van der Waals surface area contributed by atoms with Crippen molar-refractivity contribution >= 4 is 21.4 Å². The summed E-state index contributed by atoms with van der Waals surface area (Å²) in [4.78, 5) is 21.9. The van der Waals surface area contributed by atoms with Gasteiger partial charge in [-0.05, 0) is 12.8 Å². The Labute approximate surface area is 92.7 Å². The van der Waals surface area contributed by atoms with E-state index in [1.54, 1.807) is 0 Å². The van der Waals surface area contributed by atoms with Gasteiger partial charge in [-0.25, -0.2) is 0 Å². The largest absolute Gasteiger partial charge is 0.481 e. The van der Waals surface area contributed by atoms with Gasteiger partial charge in [-0.1, -0.05) is 26.7 Å². The highest BCUT2D eigenvalue weighted by atomic mass is 31.0. The highest BCUT2D eigenvalue weighted by Gasteiger charge is 2.36. The van der Waals surface area contributed by atoms with E-state index < -0.39 is 23.8 Å². The van der Waals surface area contributed by atoms with E-state index in [0.29, 0.717) is 12.8 Å². The highest BCUT2D eigenvalue weighted by molar-refractivity contribution is 7.10. The van der Waals surface area contributed by atoms with E-state index >= 15 is 0 Å². The second-order valence-electron chi connectivity index (χ2n) is 3.27. The minimum atomic E-state index is -0.889. The monoisotopic (exact) mass is 234 g/mol. The van der Waals surface area contributed by atoms with Gasteiger partial charge < -0.3 is 9.63 Å². The molecule has 0 bridgehead atoms. The van der Waals surface area contributed by atoms with Crippen molar-refractivity contribution in [1.82, 2.24) is 0 Å². The van der Waals surface area contributed by atoms with Crippen LogP contribution in [0.15, 0.2) is 0 Å². The first-order chi connectivity index (χ1) is 7.16. The molecule has 0 aliphatic heterocycles. The molecule has 1 fully saturated rings. The third-order valence-corrected chi connectivity index (χ3v) is 2.73. The molecule has 0 aromatic heterocycles. The van der Waals surface area contributed by atoms with Crippen molar-refractivity contribution < 1.29 is 19.2 Å². The zero-order valence-corrected chi connectivity index (χ0v) is 10.4. The van der Waals surface area contributed by atoms with Gasteiger partial charge in [0.2, 0.25) is 0 Å². The number of carbonyl (C=O) groups is 2. The summed E-state index contributed by atoms with van der Waals surface area (Å²) < 4.78 is 4.48. The Morgan fingerprint density at radius 3 is 2.07 bits per heavy atom. The molecule has 0 heterocycles. The lowest BCUT2D eigenvalue weighted by atomic mass is 9.79. The standard InChI is InChI=1S/C8H13O4P.C2H6/c9-7(10)5-3-1-2-4-6(5)8(11)12-13;1-2/h5-6H,1-4,13H2,(H,9,10);1-2H3. The zero-order valence-electron chi connectivity index (χ0n) is 9.23. The predicted molar refractivity (Wildman–Crippen MR) is 60.2 cm³/mol. The fraction of sp³-hybridized carbons (Fsp3) is 0.800. The van der Waals surface area contributed by atoms with E-state index in [-0.39, 0.29) is 0 Å². The number of hydrogen-bond acceptors (Lipinski definition) is 3. The molecule has 0 saturated heterocycles. The topological polar surface area (TPSA) is 63.6 Å². The SMILES string of the molecule is CC.O=C(O)C1CCCCC1C(=O)OP. The summed E-state index contributed by atoms with van der Waals surface area (Å²) >= 11 is 0. The molecule has 0 aromatic carbocycles. The van der Waals surface area contributed by atoms with Crippen molar-refractivity contribution in [1.29, 1.82) is 0 Å². The van der Waals surface area contributed by atoms with Crippen LogP contribution in [-0.4, -0.2) is 17.0 Å². The number of carboxylic acids is 1. The third kappa shape index (κ3) is 4.17. The Balaban J connectivity index is 0.000000921. The van der Waals surface area contributed by atoms with Crippen LogP contribution in [-0.2, 0) is 14.1 Å². The van der Waals surface area contributed by atoms with Crippen LogP contribution >= 0.6 is 9.47 Å².